The van der Waals surface area contributed by atoms with Gasteiger partial charge in [-0.05, 0) is 60.4 Å². The quantitative estimate of drug-likeness (QED) is 0.458. The van der Waals surface area contributed by atoms with E-state index < -0.39 is 0 Å². The van der Waals surface area contributed by atoms with Gasteiger partial charge in [-0.15, -0.1) is 11.3 Å². The van der Waals surface area contributed by atoms with Gasteiger partial charge in [0.1, 0.15) is 4.70 Å². The van der Waals surface area contributed by atoms with Gasteiger partial charge in [0.2, 0.25) is 5.91 Å². The summed E-state index contributed by atoms with van der Waals surface area (Å²) < 4.78 is 2.40. The Morgan fingerprint density at radius 2 is 2.14 bits per heavy atom. The van der Waals surface area contributed by atoms with Crippen LogP contribution in [-0.2, 0) is 24.2 Å². The monoisotopic (exact) mass is 413 g/mol. The number of hydrogen-bond donors (Lipinski definition) is 1. The summed E-state index contributed by atoms with van der Waals surface area (Å²) in [6, 6.07) is 8.02. The van der Waals surface area contributed by atoms with Crippen LogP contribution in [0.3, 0.4) is 0 Å². The lowest BCUT2D eigenvalue weighted by Crippen LogP contribution is -2.23. The fraction of sp³-hybridized carbons (Fsp3) is 0.381. The normalized spacial score (nSPS) is 13.0. The van der Waals surface area contributed by atoms with E-state index in [0.717, 1.165) is 31.4 Å². The molecule has 1 amide bonds. The largest absolute Gasteiger partial charge is 0.325 e. The number of rotatable bonds is 7. The van der Waals surface area contributed by atoms with Crippen LogP contribution in [0.1, 0.15) is 37.3 Å². The van der Waals surface area contributed by atoms with Crippen LogP contribution >= 0.6 is 23.1 Å². The maximum absolute atomic E-state index is 12.8. The number of thiophene rings is 1. The molecule has 0 saturated carbocycles. The highest BCUT2D eigenvalue weighted by Gasteiger charge is 2.15. The summed E-state index contributed by atoms with van der Waals surface area (Å²) in [5, 5.41) is 5.48. The van der Waals surface area contributed by atoms with Gasteiger partial charge in [-0.1, -0.05) is 31.2 Å². The highest BCUT2D eigenvalue weighted by atomic mass is 32.2. The first-order valence-electron chi connectivity index (χ1n) is 9.68. The van der Waals surface area contributed by atoms with E-state index in [9.17, 15) is 9.59 Å². The summed E-state index contributed by atoms with van der Waals surface area (Å²) in [7, 11) is 0. The van der Waals surface area contributed by atoms with Gasteiger partial charge in [-0.3, -0.25) is 14.2 Å². The van der Waals surface area contributed by atoms with E-state index in [1.807, 2.05) is 17.5 Å². The summed E-state index contributed by atoms with van der Waals surface area (Å²) in [5.41, 5.74) is 4.28. The van der Waals surface area contributed by atoms with Crippen molar-refractivity contribution in [3.8, 4) is 0 Å². The van der Waals surface area contributed by atoms with Crippen LogP contribution in [0.2, 0.25) is 0 Å². The molecule has 0 fully saturated rings. The van der Waals surface area contributed by atoms with Crippen LogP contribution in [-0.4, -0.2) is 21.2 Å². The molecule has 0 atom stereocenters. The minimum absolute atomic E-state index is 0.00465. The third-order valence-electron chi connectivity index (χ3n) is 4.98. The number of aryl methyl sites for hydroxylation is 2. The minimum Gasteiger partial charge on any atom is -0.325 e. The standard InChI is InChI=1S/C21H23N3O2S2/c1-2-3-10-24-20(26)19-17(9-11-27-19)23-21(24)28-13-18(25)22-16-8-7-14-5-4-6-15(14)12-16/h7-9,11-12H,2-6,10,13H2,1H3,(H,22,25). The van der Waals surface area contributed by atoms with Crippen molar-refractivity contribution in [1.82, 2.24) is 9.55 Å². The predicted molar refractivity (Wildman–Crippen MR) is 117 cm³/mol. The lowest BCUT2D eigenvalue weighted by Gasteiger charge is -2.12. The van der Waals surface area contributed by atoms with E-state index >= 15 is 0 Å². The molecule has 3 aromatic rings. The van der Waals surface area contributed by atoms with Crippen molar-refractivity contribution in [3.05, 3.63) is 51.1 Å². The van der Waals surface area contributed by atoms with Gasteiger partial charge in [0.05, 0.1) is 11.3 Å². The van der Waals surface area contributed by atoms with Crippen molar-refractivity contribution in [1.29, 1.82) is 0 Å². The van der Waals surface area contributed by atoms with Crippen molar-refractivity contribution in [2.45, 2.75) is 50.7 Å². The number of carbonyl (C=O) groups is 1. The zero-order valence-corrected chi connectivity index (χ0v) is 17.5. The number of nitrogens with one attached hydrogen (secondary N) is 1. The van der Waals surface area contributed by atoms with Gasteiger partial charge in [0.25, 0.3) is 5.56 Å². The van der Waals surface area contributed by atoms with Crippen molar-refractivity contribution in [2.75, 3.05) is 11.1 Å². The molecule has 0 spiro atoms. The zero-order chi connectivity index (χ0) is 19.5. The molecule has 4 rings (SSSR count). The molecule has 2 aromatic heterocycles. The first-order chi connectivity index (χ1) is 13.7. The molecule has 1 aliphatic carbocycles. The molecule has 5 nitrogen and oxygen atoms in total. The molecular formula is C21H23N3O2S2. The molecule has 1 N–H and O–H groups in total. The van der Waals surface area contributed by atoms with E-state index in [-0.39, 0.29) is 17.2 Å². The number of unbranched alkanes of at least 4 members (excludes halogenated alkanes) is 1. The summed E-state index contributed by atoms with van der Waals surface area (Å²) >= 11 is 2.75. The molecule has 0 saturated heterocycles. The average molecular weight is 414 g/mol. The zero-order valence-electron chi connectivity index (χ0n) is 15.9. The van der Waals surface area contributed by atoms with Gasteiger partial charge < -0.3 is 5.32 Å². The van der Waals surface area contributed by atoms with Crippen molar-refractivity contribution >= 4 is 44.9 Å². The minimum atomic E-state index is -0.0790. The van der Waals surface area contributed by atoms with Gasteiger partial charge in [0.15, 0.2) is 5.16 Å². The third kappa shape index (κ3) is 4.00. The number of thioether (sulfide) groups is 1. The summed E-state index contributed by atoms with van der Waals surface area (Å²) in [5.74, 6) is 0.148. The Bertz CT molecular complexity index is 1070. The second-order valence-corrected chi connectivity index (χ2v) is 8.87. The lowest BCUT2D eigenvalue weighted by molar-refractivity contribution is -0.113. The molecule has 1 aromatic carbocycles. The number of carbonyl (C=O) groups excluding carboxylic acids is 1. The first-order valence-corrected chi connectivity index (χ1v) is 11.5. The Balaban J connectivity index is 1.48. The van der Waals surface area contributed by atoms with E-state index in [4.69, 9.17) is 0 Å². The maximum atomic E-state index is 12.8. The number of anilines is 1. The number of hydrogen-bond acceptors (Lipinski definition) is 5. The molecular weight excluding hydrogens is 390 g/mol. The van der Waals surface area contributed by atoms with Crippen LogP contribution in [0.25, 0.3) is 10.2 Å². The van der Waals surface area contributed by atoms with E-state index in [2.05, 4.69) is 29.4 Å². The van der Waals surface area contributed by atoms with E-state index in [0.29, 0.717) is 21.9 Å². The second-order valence-electron chi connectivity index (χ2n) is 7.01. The molecule has 0 aliphatic heterocycles. The Kier molecular flexibility index (Phi) is 5.82. The topological polar surface area (TPSA) is 64.0 Å². The van der Waals surface area contributed by atoms with Crippen molar-refractivity contribution in [2.24, 2.45) is 0 Å². The second kappa shape index (κ2) is 8.49. The van der Waals surface area contributed by atoms with Crippen LogP contribution in [0.15, 0.2) is 39.6 Å². The van der Waals surface area contributed by atoms with Gasteiger partial charge >= 0.3 is 0 Å². The van der Waals surface area contributed by atoms with E-state index in [1.54, 1.807) is 4.57 Å². The maximum Gasteiger partial charge on any atom is 0.272 e. The SMILES string of the molecule is CCCCn1c(SCC(=O)Nc2ccc3c(c2)CCC3)nc2ccsc2c1=O. The number of nitrogens with zero attached hydrogens (tertiary/aromatic N) is 2. The third-order valence-corrected chi connectivity index (χ3v) is 6.85. The molecule has 0 radical (unpaired) electrons. The number of fused-ring (bicyclic) bond motifs is 2. The smallest absolute Gasteiger partial charge is 0.272 e. The van der Waals surface area contributed by atoms with Gasteiger partial charge in [-0.25, -0.2) is 4.98 Å². The number of benzene rings is 1. The van der Waals surface area contributed by atoms with Crippen LogP contribution in [0, 0.1) is 0 Å². The first kappa shape index (κ1) is 19.2. The Morgan fingerprint density at radius 1 is 1.29 bits per heavy atom. The fourth-order valence-corrected chi connectivity index (χ4v) is 5.13. The Labute approximate surface area is 172 Å². The predicted octanol–water partition coefficient (Wildman–Crippen LogP) is 4.48. The summed E-state index contributed by atoms with van der Waals surface area (Å²) in [4.78, 5) is 29.9. The molecule has 0 unspecified atom stereocenters. The lowest BCUT2D eigenvalue weighted by atomic mass is 10.1. The highest BCUT2D eigenvalue weighted by Crippen LogP contribution is 2.25. The fourth-order valence-electron chi connectivity index (χ4n) is 3.52. The number of amides is 1. The van der Waals surface area contributed by atoms with Gasteiger partial charge in [-0.2, -0.15) is 0 Å². The van der Waals surface area contributed by atoms with Gasteiger partial charge in [0, 0.05) is 12.2 Å². The Morgan fingerprint density at radius 3 is 3.00 bits per heavy atom. The summed E-state index contributed by atoms with van der Waals surface area (Å²) in [6.07, 6.45) is 5.31. The summed E-state index contributed by atoms with van der Waals surface area (Å²) in [6.45, 7) is 2.73. The van der Waals surface area contributed by atoms with Crippen molar-refractivity contribution < 1.29 is 4.79 Å². The van der Waals surface area contributed by atoms with Crippen molar-refractivity contribution in [3.63, 3.8) is 0 Å². The average Bonchev–Trinajstić information content (AvgIpc) is 3.34. The molecule has 146 valence electrons. The van der Waals surface area contributed by atoms with E-state index in [1.165, 1.54) is 40.6 Å². The molecule has 0 bridgehead atoms. The van der Waals surface area contributed by atoms with Crippen LogP contribution < -0.4 is 10.9 Å². The molecule has 2 heterocycles. The molecule has 1 aliphatic rings. The van der Waals surface area contributed by atoms with Crippen LogP contribution in [0.4, 0.5) is 5.69 Å². The van der Waals surface area contributed by atoms with Crippen LogP contribution in [0.5, 0.6) is 0 Å². The number of aromatic nitrogens is 2. The molecule has 28 heavy (non-hydrogen) atoms. The molecule has 7 heteroatoms. The highest BCUT2D eigenvalue weighted by molar-refractivity contribution is 7.99. The Hall–Kier alpha value is -2.12.